The summed E-state index contributed by atoms with van der Waals surface area (Å²) in [5.74, 6) is 0. The first-order valence-corrected chi connectivity index (χ1v) is 2.03. The second kappa shape index (κ2) is 50.6. The Labute approximate surface area is 66.4 Å². The van der Waals surface area contributed by atoms with Crippen LogP contribution in [0.1, 0.15) is 0 Å². The molecule has 0 unspecified atom stereocenters. The Balaban J connectivity index is -0.0000000133. The molecule has 0 bridgehead atoms. The molecule has 0 aromatic carbocycles. The molecular formula is H2BBiO2Pb. The van der Waals surface area contributed by atoms with Crippen molar-refractivity contribution in [2.24, 2.45) is 0 Å². The molecule has 0 aliphatic carbocycles. The molecule has 0 aromatic heterocycles. The number of rotatable bonds is 0. The van der Waals surface area contributed by atoms with E-state index in [1.54, 1.807) is 0 Å². The predicted octanol–water partition coefficient (Wildman–Crippen LogP) is -1.92. The molecule has 0 rings (SSSR count). The Morgan fingerprint density at radius 1 is 1.20 bits per heavy atom. The van der Waals surface area contributed by atoms with Crippen LogP contribution in [0, 0.1) is 0 Å². The Kier molecular flexibility index (Phi) is 163. The molecule has 2 nitrogen and oxygen atoms in total. The van der Waals surface area contributed by atoms with Crippen molar-refractivity contribution >= 4 is 59.7 Å². The van der Waals surface area contributed by atoms with Crippen molar-refractivity contribution in [1.29, 1.82) is 0 Å². The first-order chi connectivity index (χ1) is 2.00. The summed E-state index contributed by atoms with van der Waals surface area (Å²) >= 11 is 0.0556. The van der Waals surface area contributed by atoms with Crippen LogP contribution in [0.15, 0.2) is 0 Å². The van der Waals surface area contributed by atoms with Gasteiger partial charge >= 0.3 is 67.1 Å². The summed E-state index contributed by atoms with van der Waals surface area (Å²) < 4.78 is 16.1. The SMILES string of the molecule is [B]=O.[BiH2].[O]=[Pb]. The van der Waals surface area contributed by atoms with Crippen molar-refractivity contribution in [3.63, 3.8) is 0 Å². The Morgan fingerprint density at radius 3 is 1.20 bits per heavy atom. The van der Waals surface area contributed by atoms with Crippen LogP contribution < -0.4 is 0 Å². The Hall–Kier alpha value is 1.47. The van der Waals surface area contributed by atoms with E-state index in [-0.39, 0.29) is 52.0 Å². The fraction of sp³-hybridized carbons (Fsp3) is 0. The Bertz CT molecular complexity index is 11.6. The van der Waals surface area contributed by atoms with Gasteiger partial charge in [0, 0.05) is 0 Å². The van der Waals surface area contributed by atoms with Crippen LogP contribution in [0.5, 0.6) is 0 Å². The van der Waals surface area contributed by atoms with Crippen LogP contribution in [-0.2, 0) is 7.39 Å². The summed E-state index contributed by atoms with van der Waals surface area (Å²) in [6.45, 7) is 0. The molecule has 0 atom stereocenters. The van der Waals surface area contributed by atoms with E-state index in [1.807, 2.05) is 0 Å². The third kappa shape index (κ3) is 30.5. The van der Waals surface area contributed by atoms with Crippen LogP contribution in [0.2, 0.25) is 0 Å². The van der Waals surface area contributed by atoms with Gasteiger partial charge in [-0.15, -0.1) is 0 Å². The monoisotopic (exact) mass is 462 g/mol. The molecule has 0 heterocycles. The molecule has 0 amide bonds. The molecule has 26 valence electrons. The van der Waals surface area contributed by atoms with Gasteiger partial charge in [-0.2, -0.15) is 0 Å². The zero-order chi connectivity index (χ0) is 4.00. The normalized spacial score (nSPS) is 1.40. The third-order valence-electron chi connectivity index (χ3n) is 0. The fourth-order valence-corrected chi connectivity index (χ4v) is 0. The minimum atomic E-state index is 0. The zero-order valence-electron chi connectivity index (χ0n) is 2.47. The summed E-state index contributed by atoms with van der Waals surface area (Å²) in [6.07, 6.45) is 0. The maximum atomic E-state index is 8.39. The van der Waals surface area contributed by atoms with E-state index in [1.165, 1.54) is 0 Å². The molecule has 0 aromatic rings. The number of hydrogen-bond acceptors (Lipinski definition) is 2. The van der Waals surface area contributed by atoms with E-state index < -0.39 is 0 Å². The molecule has 5 heavy (non-hydrogen) atoms. The van der Waals surface area contributed by atoms with Crippen molar-refractivity contribution in [2.45, 2.75) is 0 Å². The van der Waals surface area contributed by atoms with Gasteiger partial charge in [0.05, 0.1) is 0 Å². The van der Waals surface area contributed by atoms with Gasteiger partial charge in [-0.25, -0.2) is 0 Å². The molecule has 0 N–H and O–H groups in total. The predicted molar refractivity (Wildman–Crippen MR) is 21.4 cm³/mol. The topological polar surface area (TPSA) is 34.1 Å². The summed E-state index contributed by atoms with van der Waals surface area (Å²) in [4.78, 5) is 0. The second-order valence-corrected chi connectivity index (χ2v) is 0. The van der Waals surface area contributed by atoms with Crippen LogP contribution in [0.3, 0.4) is 0 Å². The Morgan fingerprint density at radius 2 is 1.20 bits per heavy atom. The van der Waals surface area contributed by atoms with E-state index in [0.29, 0.717) is 0 Å². The average Bonchev–Trinajstić information content (AvgIpc) is 1.50. The van der Waals surface area contributed by atoms with E-state index in [2.05, 4.69) is 7.72 Å². The molecule has 4 radical (unpaired) electrons. The standard InChI is InChI=1S/BO.Bi.O.Pb.2H/c1-2;;;;;. The van der Waals surface area contributed by atoms with Crippen molar-refractivity contribution in [3.8, 4) is 0 Å². The van der Waals surface area contributed by atoms with Crippen LogP contribution in [0.25, 0.3) is 0 Å². The van der Waals surface area contributed by atoms with Crippen molar-refractivity contribution < 1.29 is 7.39 Å². The first-order valence-electron chi connectivity index (χ1n) is 0.440. The van der Waals surface area contributed by atoms with E-state index in [9.17, 15) is 0 Å². The van der Waals surface area contributed by atoms with Gasteiger partial charge in [0.2, 0.25) is 0 Å². The van der Waals surface area contributed by atoms with Gasteiger partial charge in [0.25, 0.3) is 0 Å². The first kappa shape index (κ1) is 16.1. The number of hydrogen-bond donors (Lipinski definition) is 0. The van der Waals surface area contributed by atoms with E-state index >= 15 is 0 Å². The quantitative estimate of drug-likeness (QED) is 0.395. The summed E-state index contributed by atoms with van der Waals surface area (Å²) in [5, 5.41) is 0. The fourth-order valence-electron chi connectivity index (χ4n) is 0. The van der Waals surface area contributed by atoms with E-state index in [4.69, 9.17) is 7.39 Å². The van der Waals surface area contributed by atoms with Crippen molar-refractivity contribution in [3.05, 3.63) is 0 Å². The minimum absolute atomic E-state index is 0. The molecule has 0 spiro atoms. The van der Waals surface area contributed by atoms with Gasteiger partial charge < -0.3 is 0 Å². The van der Waals surface area contributed by atoms with Crippen LogP contribution in [-0.4, -0.2) is 59.7 Å². The summed E-state index contributed by atoms with van der Waals surface area (Å²) in [7, 11) is 3.25. The molecule has 0 aliphatic rings. The van der Waals surface area contributed by atoms with Gasteiger partial charge in [-0.3, -0.25) is 0 Å². The summed E-state index contributed by atoms with van der Waals surface area (Å²) in [5.41, 5.74) is 0. The zero-order valence-corrected chi connectivity index (χ0v) is 10.8. The van der Waals surface area contributed by atoms with Gasteiger partial charge in [-0.1, -0.05) is 0 Å². The maximum absolute atomic E-state index is 8.39. The molecular weight excluding hydrogens is 459 g/mol. The molecule has 0 saturated carbocycles. The second-order valence-electron chi connectivity index (χ2n) is 0. The van der Waals surface area contributed by atoms with Crippen LogP contribution >= 0.6 is 0 Å². The van der Waals surface area contributed by atoms with Gasteiger partial charge in [0.1, 0.15) is 0 Å². The third-order valence-corrected chi connectivity index (χ3v) is 0. The van der Waals surface area contributed by atoms with Crippen molar-refractivity contribution in [1.82, 2.24) is 0 Å². The van der Waals surface area contributed by atoms with Gasteiger partial charge in [-0.05, 0) is 0 Å². The molecule has 0 saturated heterocycles. The van der Waals surface area contributed by atoms with E-state index in [0.717, 1.165) is 0 Å². The van der Waals surface area contributed by atoms with Crippen molar-refractivity contribution in [2.75, 3.05) is 0 Å². The molecule has 5 heteroatoms. The van der Waals surface area contributed by atoms with Crippen LogP contribution in [0.4, 0.5) is 0 Å². The van der Waals surface area contributed by atoms with Gasteiger partial charge in [0.15, 0.2) is 0 Å². The summed E-state index contributed by atoms with van der Waals surface area (Å²) in [6, 6.07) is 0. The average molecular weight is 461 g/mol. The molecule has 0 fully saturated rings. The molecule has 0 aliphatic heterocycles.